The van der Waals surface area contributed by atoms with Crippen molar-refractivity contribution in [2.45, 2.75) is 33.4 Å². The van der Waals surface area contributed by atoms with E-state index >= 15 is 0 Å². The van der Waals surface area contributed by atoms with Gasteiger partial charge in [-0.25, -0.2) is 9.67 Å². The fourth-order valence-corrected chi connectivity index (χ4v) is 2.73. The summed E-state index contributed by atoms with van der Waals surface area (Å²) >= 11 is 0. The Morgan fingerprint density at radius 1 is 1.32 bits per heavy atom. The highest BCUT2D eigenvalue weighted by molar-refractivity contribution is 5.98. The Morgan fingerprint density at radius 2 is 2.12 bits per heavy atom. The van der Waals surface area contributed by atoms with Gasteiger partial charge in [0.05, 0.1) is 24.6 Å². The molecule has 0 atom stereocenters. The van der Waals surface area contributed by atoms with Gasteiger partial charge in [0.25, 0.3) is 5.91 Å². The molecule has 0 aliphatic rings. The van der Waals surface area contributed by atoms with Crippen LogP contribution in [0.2, 0.25) is 0 Å². The van der Waals surface area contributed by atoms with Crippen LogP contribution in [-0.4, -0.2) is 27.8 Å². The van der Waals surface area contributed by atoms with Crippen molar-refractivity contribution in [3.05, 3.63) is 53.3 Å². The predicted octanol–water partition coefficient (Wildman–Crippen LogP) is 3.26. The number of hydrogen-bond donors (Lipinski definition) is 1. The minimum absolute atomic E-state index is 0.146. The quantitative estimate of drug-likeness (QED) is 0.775. The molecule has 130 valence electrons. The number of benzene rings is 1. The second-order valence-corrected chi connectivity index (χ2v) is 6.25. The van der Waals surface area contributed by atoms with E-state index in [-0.39, 0.29) is 11.9 Å². The van der Waals surface area contributed by atoms with E-state index < -0.39 is 0 Å². The van der Waals surface area contributed by atoms with Crippen molar-refractivity contribution in [3.63, 3.8) is 0 Å². The molecular formula is C19H22N4O2. The average Bonchev–Trinajstić information content (AvgIpc) is 3.02. The number of methoxy groups -OCH3 is 1. The number of aryl methyl sites for hydroxylation is 1. The van der Waals surface area contributed by atoms with E-state index in [0.29, 0.717) is 17.8 Å². The zero-order chi connectivity index (χ0) is 18.0. The molecule has 3 rings (SSSR count). The molecule has 1 aromatic carbocycles. The predicted molar refractivity (Wildman–Crippen MR) is 96.8 cm³/mol. The summed E-state index contributed by atoms with van der Waals surface area (Å²) < 4.78 is 7.06. The van der Waals surface area contributed by atoms with E-state index in [1.54, 1.807) is 13.3 Å². The van der Waals surface area contributed by atoms with Crippen molar-refractivity contribution in [1.82, 2.24) is 20.1 Å². The monoisotopic (exact) mass is 338 g/mol. The molecule has 0 radical (unpaired) electrons. The third-order valence-electron chi connectivity index (χ3n) is 4.08. The molecule has 0 bridgehead atoms. The number of hydrogen-bond acceptors (Lipinski definition) is 4. The maximum atomic E-state index is 12.6. The SMILES string of the molecule is COc1cccc(CNC(=O)c2cc3cnn(C(C)C)c3nc2C)c1. The van der Waals surface area contributed by atoms with E-state index in [1.807, 2.05) is 41.9 Å². The molecule has 6 nitrogen and oxygen atoms in total. The lowest BCUT2D eigenvalue weighted by atomic mass is 10.1. The van der Waals surface area contributed by atoms with Crippen LogP contribution < -0.4 is 10.1 Å². The molecule has 3 aromatic rings. The summed E-state index contributed by atoms with van der Waals surface area (Å²) in [6, 6.07) is 9.70. The van der Waals surface area contributed by atoms with Gasteiger partial charge in [-0.05, 0) is 44.5 Å². The highest BCUT2D eigenvalue weighted by atomic mass is 16.5. The number of ether oxygens (including phenoxy) is 1. The van der Waals surface area contributed by atoms with Crippen LogP contribution in [0.25, 0.3) is 11.0 Å². The maximum Gasteiger partial charge on any atom is 0.253 e. The number of nitrogens with zero attached hydrogens (tertiary/aromatic N) is 3. The first-order valence-corrected chi connectivity index (χ1v) is 8.25. The number of nitrogens with one attached hydrogen (secondary N) is 1. The Kier molecular flexibility index (Phi) is 4.70. The number of aromatic nitrogens is 3. The maximum absolute atomic E-state index is 12.6. The van der Waals surface area contributed by atoms with Crippen molar-refractivity contribution in [2.75, 3.05) is 7.11 Å². The van der Waals surface area contributed by atoms with Gasteiger partial charge in [0.1, 0.15) is 5.75 Å². The number of fused-ring (bicyclic) bond motifs is 1. The normalized spacial score (nSPS) is 11.1. The number of pyridine rings is 1. The molecule has 0 unspecified atom stereocenters. The second-order valence-electron chi connectivity index (χ2n) is 6.25. The number of carbonyl (C=O) groups is 1. The smallest absolute Gasteiger partial charge is 0.253 e. The Balaban J connectivity index is 1.81. The van der Waals surface area contributed by atoms with E-state index in [1.165, 1.54) is 0 Å². The zero-order valence-electron chi connectivity index (χ0n) is 14.9. The van der Waals surface area contributed by atoms with Crippen LogP contribution in [0.5, 0.6) is 5.75 Å². The van der Waals surface area contributed by atoms with Gasteiger partial charge in [0, 0.05) is 18.0 Å². The molecule has 1 N–H and O–H groups in total. The van der Waals surface area contributed by atoms with Gasteiger partial charge in [-0.1, -0.05) is 12.1 Å². The van der Waals surface area contributed by atoms with Crippen LogP contribution in [0.4, 0.5) is 0 Å². The van der Waals surface area contributed by atoms with Gasteiger partial charge >= 0.3 is 0 Å². The summed E-state index contributed by atoms with van der Waals surface area (Å²) in [6.45, 7) is 6.38. The third kappa shape index (κ3) is 3.47. The lowest BCUT2D eigenvalue weighted by molar-refractivity contribution is 0.0950. The molecule has 1 amide bonds. The Labute approximate surface area is 146 Å². The summed E-state index contributed by atoms with van der Waals surface area (Å²) in [6.07, 6.45) is 1.75. The summed E-state index contributed by atoms with van der Waals surface area (Å²) in [5.74, 6) is 0.624. The van der Waals surface area contributed by atoms with E-state index in [4.69, 9.17) is 4.74 Å². The van der Waals surface area contributed by atoms with E-state index in [0.717, 1.165) is 22.3 Å². The molecule has 2 heterocycles. The van der Waals surface area contributed by atoms with Crippen LogP contribution in [-0.2, 0) is 6.54 Å². The standard InChI is InChI=1S/C19H22N4O2/c1-12(2)23-18-15(11-21-23)9-17(13(3)22-18)19(24)20-10-14-6-5-7-16(8-14)25-4/h5-9,11-12H,10H2,1-4H3,(H,20,24). The van der Waals surface area contributed by atoms with Crippen molar-refractivity contribution < 1.29 is 9.53 Å². The van der Waals surface area contributed by atoms with Gasteiger partial charge in [0.2, 0.25) is 0 Å². The first-order valence-electron chi connectivity index (χ1n) is 8.25. The van der Waals surface area contributed by atoms with Gasteiger partial charge in [-0.3, -0.25) is 4.79 Å². The molecule has 0 fully saturated rings. The molecule has 0 saturated heterocycles. The van der Waals surface area contributed by atoms with Crippen molar-refractivity contribution in [2.24, 2.45) is 0 Å². The topological polar surface area (TPSA) is 69.0 Å². The van der Waals surface area contributed by atoms with Crippen molar-refractivity contribution >= 4 is 16.9 Å². The van der Waals surface area contributed by atoms with E-state index in [9.17, 15) is 4.79 Å². The summed E-state index contributed by atoms with van der Waals surface area (Å²) in [4.78, 5) is 17.1. The first-order chi connectivity index (χ1) is 12.0. The van der Waals surface area contributed by atoms with Crippen LogP contribution in [0.1, 0.15) is 41.5 Å². The summed E-state index contributed by atoms with van der Waals surface area (Å²) in [7, 11) is 1.62. The second kappa shape index (κ2) is 6.93. The minimum Gasteiger partial charge on any atom is -0.497 e. The largest absolute Gasteiger partial charge is 0.497 e. The summed E-state index contributed by atoms with van der Waals surface area (Å²) in [5.41, 5.74) is 3.04. The number of rotatable bonds is 5. The molecule has 2 aromatic heterocycles. The Morgan fingerprint density at radius 3 is 2.84 bits per heavy atom. The van der Waals surface area contributed by atoms with Crippen molar-refractivity contribution in [1.29, 1.82) is 0 Å². The number of amides is 1. The number of carbonyl (C=O) groups excluding carboxylic acids is 1. The van der Waals surface area contributed by atoms with Gasteiger partial charge in [-0.15, -0.1) is 0 Å². The van der Waals surface area contributed by atoms with Crippen LogP contribution in [0.3, 0.4) is 0 Å². The summed E-state index contributed by atoms with van der Waals surface area (Å²) in [5, 5.41) is 8.16. The minimum atomic E-state index is -0.146. The molecular weight excluding hydrogens is 316 g/mol. The lowest BCUT2D eigenvalue weighted by Crippen LogP contribution is -2.24. The highest BCUT2D eigenvalue weighted by Gasteiger charge is 2.15. The molecule has 0 saturated carbocycles. The third-order valence-corrected chi connectivity index (χ3v) is 4.08. The molecule has 0 aliphatic carbocycles. The molecule has 25 heavy (non-hydrogen) atoms. The van der Waals surface area contributed by atoms with Crippen molar-refractivity contribution in [3.8, 4) is 5.75 Å². The van der Waals surface area contributed by atoms with E-state index in [2.05, 4.69) is 29.2 Å². The average molecular weight is 338 g/mol. The van der Waals surface area contributed by atoms with Crippen LogP contribution in [0, 0.1) is 6.92 Å². The zero-order valence-corrected chi connectivity index (χ0v) is 14.9. The highest BCUT2D eigenvalue weighted by Crippen LogP contribution is 2.19. The van der Waals surface area contributed by atoms with Gasteiger partial charge in [-0.2, -0.15) is 5.10 Å². The molecule has 0 aliphatic heterocycles. The fraction of sp³-hybridized carbons (Fsp3) is 0.316. The Hall–Kier alpha value is -2.89. The first kappa shape index (κ1) is 17.0. The lowest BCUT2D eigenvalue weighted by Gasteiger charge is -2.10. The molecule has 6 heteroatoms. The van der Waals surface area contributed by atoms with Crippen LogP contribution >= 0.6 is 0 Å². The van der Waals surface area contributed by atoms with Crippen LogP contribution in [0.15, 0.2) is 36.5 Å². The fourth-order valence-electron chi connectivity index (χ4n) is 2.73. The van der Waals surface area contributed by atoms with Gasteiger partial charge < -0.3 is 10.1 Å². The van der Waals surface area contributed by atoms with Gasteiger partial charge in [0.15, 0.2) is 5.65 Å². The Bertz CT molecular complexity index is 915. The molecule has 0 spiro atoms.